The van der Waals surface area contributed by atoms with Gasteiger partial charge in [0, 0.05) is 28.4 Å². The maximum absolute atomic E-state index is 13.0. The van der Waals surface area contributed by atoms with Crippen LogP contribution in [0, 0.1) is 0 Å². The largest absolute Gasteiger partial charge is 0.465 e. The molecule has 11 heteroatoms. The molecule has 0 saturated carbocycles. The van der Waals surface area contributed by atoms with Crippen molar-refractivity contribution < 1.29 is 17.9 Å². The number of nitrogens with zero attached hydrogens (tertiary/aromatic N) is 3. The Balaban J connectivity index is 1.74. The normalized spacial score (nSPS) is 14.0. The van der Waals surface area contributed by atoms with Gasteiger partial charge in [0.2, 0.25) is 0 Å². The second-order valence-electron chi connectivity index (χ2n) is 6.59. The number of fused-ring (bicyclic) bond motifs is 3. The number of rotatable bonds is 4. The number of anilines is 1. The molecule has 4 rings (SSSR count). The van der Waals surface area contributed by atoms with Gasteiger partial charge in [0.05, 0.1) is 30.3 Å². The van der Waals surface area contributed by atoms with Crippen molar-refractivity contribution in [3.63, 3.8) is 0 Å². The molecule has 31 heavy (non-hydrogen) atoms. The summed E-state index contributed by atoms with van der Waals surface area (Å²) in [5.74, 6) is -0.0755. The minimum absolute atomic E-state index is 0.00203. The van der Waals surface area contributed by atoms with E-state index in [1.807, 2.05) is 6.07 Å². The number of ether oxygens (including phenoxy) is 1. The van der Waals surface area contributed by atoms with E-state index in [9.17, 15) is 13.2 Å². The van der Waals surface area contributed by atoms with E-state index in [1.165, 1.54) is 38.2 Å². The van der Waals surface area contributed by atoms with Gasteiger partial charge in [-0.1, -0.05) is 41.0 Å². The Kier molecular flexibility index (Phi) is 5.87. The Bertz CT molecular complexity index is 1320. The first-order chi connectivity index (χ1) is 14.7. The molecule has 0 saturated heterocycles. The van der Waals surface area contributed by atoms with Crippen molar-refractivity contribution >= 4 is 56.6 Å². The van der Waals surface area contributed by atoms with Crippen molar-refractivity contribution in [3.8, 4) is 11.3 Å². The molecular weight excluding hydrogens is 481 g/mol. The zero-order chi connectivity index (χ0) is 22.3. The predicted molar refractivity (Wildman–Crippen MR) is 120 cm³/mol. The molecule has 0 radical (unpaired) electrons. The highest BCUT2D eigenvalue weighted by Gasteiger charge is 2.35. The predicted octanol–water partition coefficient (Wildman–Crippen LogP) is 4.67. The maximum atomic E-state index is 13.0. The maximum Gasteiger partial charge on any atom is 0.337 e. The van der Waals surface area contributed by atoms with E-state index in [0.29, 0.717) is 32.2 Å². The van der Waals surface area contributed by atoms with Gasteiger partial charge in [-0.3, -0.25) is 4.31 Å². The summed E-state index contributed by atoms with van der Waals surface area (Å²) >= 11 is 13.5. The average molecular weight is 496 g/mol. The number of hydrogen-bond acceptors (Lipinski definition) is 7. The Labute approximate surface area is 193 Å². The minimum Gasteiger partial charge on any atom is -0.465 e. The molecule has 0 aliphatic carbocycles. The van der Waals surface area contributed by atoms with E-state index < -0.39 is 16.0 Å². The van der Waals surface area contributed by atoms with Crippen LogP contribution in [-0.2, 0) is 20.5 Å². The summed E-state index contributed by atoms with van der Waals surface area (Å²) in [6.07, 6.45) is 1.30. The molecule has 1 aliphatic rings. The first-order valence-corrected chi connectivity index (χ1v) is 12.1. The van der Waals surface area contributed by atoms with Crippen molar-refractivity contribution in [3.05, 3.63) is 63.8 Å². The monoisotopic (exact) mass is 495 g/mol. The van der Waals surface area contributed by atoms with Gasteiger partial charge in [0.15, 0.2) is 5.16 Å². The van der Waals surface area contributed by atoms with Gasteiger partial charge < -0.3 is 4.74 Å². The van der Waals surface area contributed by atoms with Crippen molar-refractivity contribution in [2.45, 2.75) is 15.8 Å². The van der Waals surface area contributed by atoms with Crippen LogP contribution in [0.4, 0.5) is 5.69 Å². The fourth-order valence-corrected chi connectivity index (χ4v) is 5.77. The van der Waals surface area contributed by atoms with E-state index in [-0.39, 0.29) is 16.2 Å². The summed E-state index contributed by atoms with van der Waals surface area (Å²) in [7, 11) is -1.18. The molecule has 3 aromatic rings. The van der Waals surface area contributed by atoms with Crippen LogP contribution >= 0.6 is 35.0 Å². The number of hydrogen-bond donors (Lipinski definition) is 0. The van der Waals surface area contributed by atoms with Crippen LogP contribution in [-0.4, -0.2) is 38.5 Å². The Morgan fingerprint density at radius 3 is 2.68 bits per heavy atom. The summed E-state index contributed by atoms with van der Waals surface area (Å²) in [5, 5.41) is 1.47. The number of carbonyl (C=O) groups is 1. The summed E-state index contributed by atoms with van der Waals surface area (Å²) in [6.45, 7) is 0. The topological polar surface area (TPSA) is 89.5 Å². The van der Waals surface area contributed by atoms with Crippen molar-refractivity contribution in [1.29, 1.82) is 0 Å². The van der Waals surface area contributed by atoms with Crippen LogP contribution in [0.5, 0.6) is 0 Å². The lowest BCUT2D eigenvalue weighted by Gasteiger charge is -2.28. The molecule has 160 valence electrons. The van der Waals surface area contributed by atoms with Gasteiger partial charge in [-0.2, -0.15) is 0 Å². The zero-order valence-corrected chi connectivity index (χ0v) is 19.4. The molecular formula is C20H15Cl2N3O4S2. The number of esters is 1. The standard InChI is InChI=1S/C20H15Cl2N3O4S2/c1-25-16-7-11(19(26)29-2)4-6-14(16)18-17(31(25,27)28)9-23-20(24-18)30-10-12-3-5-13(21)8-15(12)22/h3-9H,10H2,1-2H3. The average Bonchev–Trinajstić information content (AvgIpc) is 2.76. The van der Waals surface area contributed by atoms with Crippen LogP contribution in [0.2, 0.25) is 10.0 Å². The number of halogens is 2. The lowest BCUT2D eigenvalue weighted by Crippen LogP contribution is -2.31. The smallest absolute Gasteiger partial charge is 0.337 e. The molecule has 1 aliphatic heterocycles. The van der Waals surface area contributed by atoms with Crippen molar-refractivity contribution in [2.24, 2.45) is 0 Å². The fourth-order valence-electron chi connectivity index (χ4n) is 3.10. The van der Waals surface area contributed by atoms with E-state index in [1.54, 1.807) is 24.3 Å². The van der Waals surface area contributed by atoms with E-state index in [4.69, 9.17) is 27.9 Å². The number of sulfonamides is 1. The van der Waals surface area contributed by atoms with Gasteiger partial charge in [-0.15, -0.1) is 0 Å². The number of thioether (sulfide) groups is 1. The summed E-state index contributed by atoms with van der Waals surface area (Å²) < 4.78 is 31.8. The van der Waals surface area contributed by atoms with Crippen molar-refractivity contribution in [2.75, 3.05) is 18.5 Å². The molecule has 0 fully saturated rings. The van der Waals surface area contributed by atoms with Gasteiger partial charge in [-0.25, -0.2) is 23.2 Å². The molecule has 0 bridgehead atoms. The lowest BCUT2D eigenvalue weighted by atomic mass is 10.1. The Morgan fingerprint density at radius 1 is 1.19 bits per heavy atom. The van der Waals surface area contributed by atoms with Crippen LogP contribution in [0.1, 0.15) is 15.9 Å². The summed E-state index contributed by atoms with van der Waals surface area (Å²) in [5.41, 5.74) is 2.30. The van der Waals surface area contributed by atoms with Gasteiger partial charge in [0.1, 0.15) is 4.90 Å². The number of aromatic nitrogens is 2. The van der Waals surface area contributed by atoms with E-state index >= 15 is 0 Å². The van der Waals surface area contributed by atoms with E-state index in [0.717, 1.165) is 9.87 Å². The number of methoxy groups -OCH3 is 1. The van der Waals surface area contributed by atoms with Gasteiger partial charge in [0.25, 0.3) is 10.0 Å². The molecule has 0 unspecified atom stereocenters. The van der Waals surface area contributed by atoms with Crippen LogP contribution in [0.15, 0.2) is 52.6 Å². The molecule has 1 aromatic heterocycles. The number of carbonyl (C=O) groups excluding carboxylic acids is 1. The molecule has 2 aromatic carbocycles. The molecule has 2 heterocycles. The third-order valence-corrected chi connectivity index (χ3v) is 8.03. The van der Waals surface area contributed by atoms with Crippen LogP contribution < -0.4 is 4.31 Å². The fraction of sp³-hybridized carbons (Fsp3) is 0.150. The first kappa shape index (κ1) is 21.9. The second-order valence-corrected chi connectivity index (χ2v) is 10.3. The summed E-state index contributed by atoms with van der Waals surface area (Å²) in [6, 6.07) is 9.92. The van der Waals surface area contributed by atoms with Crippen LogP contribution in [0.25, 0.3) is 11.3 Å². The highest BCUT2D eigenvalue weighted by atomic mass is 35.5. The minimum atomic E-state index is -3.87. The third-order valence-electron chi connectivity index (χ3n) is 4.76. The molecule has 0 spiro atoms. The van der Waals surface area contributed by atoms with Crippen molar-refractivity contribution in [1.82, 2.24) is 9.97 Å². The van der Waals surface area contributed by atoms with Gasteiger partial charge in [-0.05, 0) is 35.9 Å². The number of benzene rings is 2. The lowest BCUT2D eigenvalue weighted by molar-refractivity contribution is 0.0601. The second kappa shape index (κ2) is 8.31. The molecule has 0 N–H and O–H groups in total. The molecule has 7 nitrogen and oxygen atoms in total. The Hall–Kier alpha value is -2.33. The molecule has 0 amide bonds. The van der Waals surface area contributed by atoms with Gasteiger partial charge >= 0.3 is 5.97 Å². The quantitative estimate of drug-likeness (QED) is 0.295. The summed E-state index contributed by atoms with van der Waals surface area (Å²) in [4.78, 5) is 20.6. The zero-order valence-electron chi connectivity index (χ0n) is 16.3. The molecule has 0 atom stereocenters. The van der Waals surface area contributed by atoms with E-state index in [2.05, 4.69) is 9.97 Å². The highest BCUT2D eigenvalue weighted by Crippen LogP contribution is 2.42. The third kappa shape index (κ3) is 3.98. The SMILES string of the molecule is COC(=O)c1ccc2c(c1)N(C)S(=O)(=O)c1cnc(SCc3ccc(Cl)cc3Cl)nc1-2. The van der Waals surface area contributed by atoms with Crippen LogP contribution in [0.3, 0.4) is 0 Å². The Morgan fingerprint density at radius 2 is 1.97 bits per heavy atom. The highest BCUT2D eigenvalue weighted by molar-refractivity contribution is 7.98. The first-order valence-electron chi connectivity index (χ1n) is 8.88.